The quantitative estimate of drug-likeness (QED) is 0.735. The largest absolute Gasteiger partial charge is 0.300 e. The Morgan fingerprint density at radius 3 is 1.79 bits per heavy atom. The summed E-state index contributed by atoms with van der Waals surface area (Å²) in [5.74, 6) is 0.529. The average molecular weight is 252 g/mol. The molecule has 0 unspecified atom stereocenters. The van der Waals surface area contributed by atoms with Crippen LogP contribution in [-0.4, -0.2) is 5.78 Å². The molecule has 19 heavy (non-hydrogen) atoms. The lowest BCUT2D eigenvalue weighted by Gasteiger charge is -2.17. The van der Waals surface area contributed by atoms with Crippen LogP contribution in [-0.2, 0) is 4.79 Å². The Balaban J connectivity index is 2.26. The maximum atomic E-state index is 12.0. The fourth-order valence-electron chi connectivity index (χ4n) is 2.41. The Kier molecular flexibility index (Phi) is 4.91. The maximum absolute atomic E-state index is 12.0. The minimum absolute atomic E-state index is 0.182. The molecule has 0 fully saturated rings. The molecule has 2 aromatic rings. The number of carbonyl (C=O) groups excluding carboxylic acids is 1. The second kappa shape index (κ2) is 6.89. The molecule has 0 saturated carbocycles. The lowest BCUT2D eigenvalue weighted by molar-refractivity contribution is -0.119. The van der Waals surface area contributed by atoms with Crippen molar-refractivity contribution in [1.29, 1.82) is 0 Å². The van der Waals surface area contributed by atoms with Gasteiger partial charge in [0.05, 0.1) is 0 Å². The number of hydrogen-bond acceptors (Lipinski definition) is 1. The van der Waals surface area contributed by atoms with Gasteiger partial charge in [-0.1, -0.05) is 67.6 Å². The van der Waals surface area contributed by atoms with Crippen LogP contribution in [0.4, 0.5) is 0 Å². The van der Waals surface area contributed by atoms with E-state index < -0.39 is 0 Å². The Hall–Kier alpha value is -1.89. The van der Waals surface area contributed by atoms with Crippen LogP contribution in [0.3, 0.4) is 0 Å². The summed E-state index contributed by atoms with van der Waals surface area (Å²) < 4.78 is 0. The highest BCUT2D eigenvalue weighted by atomic mass is 16.1. The van der Waals surface area contributed by atoms with Crippen molar-refractivity contribution in [1.82, 2.24) is 0 Å². The van der Waals surface area contributed by atoms with E-state index in [1.807, 2.05) is 36.4 Å². The van der Waals surface area contributed by atoms with Crippen LogP contribution in [0.25, 0.3) is 0 Å². The molecule has 0 bridgehead atoms. The molecule has 0 N–H and O–H groups in total. The van der Waals surface area contributed by atoms with Gasteiger partial charge in [-0.15, -0.1) is 0 Å². The van der Waals surface area contributed by atoms with Crippen LogP contribution in [0, 0.1) is 0 Å². The number of ketones is 1. The van der Waals surface area contributed by atoms with Crippen molar-refractivity contribution in [3.05, 3.63) is 71.8 Å². The van der Waals surface area contributed by atoms with Crippen molar-refractivity contribution in [2.45, 2.75) is 32.1 Å². The van der Waals surface area contributed by atoms with Gasteiger partial charge in [0.25, 0.3) is 0 Å². The number of hydrogen-bond donors (Lipinski definition) is 0. The van der Waals surface area contributed by atoms with Crippen molar-refractivity contribution in [2.75, 3.05) is 0 Å². The maximum Gasteiger partial charge on any atom is 0.133 e. The summed E-state index contributed by atoms with van der Waals surface area (Å²) in [6.07, 6.45) is 2.20. The highest BCUT2D eigenvalue weighted by Gasteiger charge is 2.17. The summed E-state index contributed by atoms with van der Waals surface area (Å²) >= 11 is 0. The molecule has 0 spiro atoms. The summed E-state index contributed by atoms with van der Waals surface area (Å²) in [6, 6.07) is 20.6. The fourth-order valence-corrected chi connectivity index (χ4v) is 2.41. The Bertz CT molecular complexity index is 462. The molecule has 1 heteroatoms. The summed E-state index contributed by atoms with van der Waals surface area (Å²) in [7, 11) is 0. The zero-order valence-electron chi connectivity index (χ0n) is 11.4. The normalized spacial score (nSPS) is 10.6. The van der Waals surface area contributed by atoms with Crippen LogP contribution in [0.2, 0.25) is 0 Å². The standard InChI is InChI=1S/C18H20O/c1-2-9-17(19)14-18(15-10-5-3-6-11-15)16-12-7-4-8-13-16/h3-8,10-13,18H,2,9,14H2,1H3. The lowest BCUT2D eigenvalue weighted by atomic mass is 9.86. The monoisotopic (exact) mass is 252 g/mol. The molecule has 0 aromatic heterocycles. The van der Waals surface area contributed by atoms with E-state index in [9.17, 15) is 4.79 Å². The van der Waals surface area contributed by atoms with Crippen molar-refractivity contribution in [3.8, 4) is 0 Å². The molecule has 1 nitrogen and oxygen atoms in total. The third-order valence-electron chi connectivity index (χ3n) is 3.36. The minimum atomic E-state index is 0.182. The van der Waals surface area contributed by atoms with E-state index in [0.29, 0.717) is 18.6 Å². The van der Waals surface area contributed by atoms with Gasteiger partial charge in [-0.2, -0.15) is 0 Å². The van der Waals surface area contributed by atoms with Crippen molar-refractivity contribution >= 4 is 5.78 Å². The second-order valence-corrected chi connectivity index (χ2v) is 4.87. The predicted octanol–water partition coefficient (Wildman–Crippen LogP) is 4.58. The van der Waals surface area contributed by atoms with E-state index in [1.165, 1.54) is 11.1 Å². The fraction of sp³-hybridized carbons (Fsp3) is 0.278. The average Bonchev–Trinajstić information content (AvgIpc) is 2.47. The molecule has 0 radical (unpaired) electrons. The Morgan fingerprint density at radius 2 is 1.37 bits per heavy atom. The molecular weight excluding hydrogens is 232 g/mol. The van der Waals surface area contributed by atoms with Crippen LogP contribution in [0.1, 0.15) is 43.2 Å². The third kappa shape index (κ3) is 3.78. The topological polar surface area (TPSA) is 17.1 Å². The van der Waals surface area contributed by atoms with Gasteiger partial charge in [0.15, 0.2) is 0 Å². The molecule has 98 valence electrons. The van der Waals surface area contributed by atoms with Crippen molar-refractivity contribution in [2.24, 2.45) is 0 Å². The van der Waals surface area contributed by atoms with Gasteiger partial charge in [0, 0.05) is 18.8 Å². The lowest BCUT2D eigenvalue weighted by Crippen LogP contribution is -2.08. The van der Waals surface area contributed by atoms with Gasteiger partial charge >= 0.3 is 0 Å². The van der Waals surface area contributed by atoms with Crippen molar-refractivity contribution in [3.63, 3.8) is 0 Å². The molecule has 0 aliphatic carbocycles. The van der Waals surface area contributed by atoms with Gasteiger partial charge in [0.1, 0.15) is 5.78 Å². The van der Waals surface area contributed by atoms with E-state index >= 15 is 0 Å². The molecule has 2 aromatic carbocycles. The van der Waals surface area contributed by atoms with E-state index in [4.69, 9.17) is 0 Å². The SMILES string of the molecule is CCCC(=O)CC(c1ccccc1)c1ccccc1. The third-order valence-corrected chi connectivity index (χ3v) is 3.36. The summed E-state index contributed by atoms with van der Waals surface area (Å²) in [5, 5.41) is 0. The zero-order valence-corrected chi connectivity index (χ0v) is 11.4. The number of Topliss-reactive ketones (excluding diaryl/α,β-unsaturated/α-hetero) is 1. The molecule has 0 atom stereocenters. The summed E-state index contributed by atoms with van der Waals surface area (Å²) in [4.78, 5) is 12.0. The van der Waals surface area contributed by atoms with Gasteiger partial charge in [-0.3, -0.25) is 4.79 Å². The highest BCUT2D eigenvalue weighted by molar-refractivity contribution is 5.79. The van der Waals surface area contributed by atoms with E-state index in [-0.39, 0.29) is 5.92 Å². The molecule has 0 amide bonds. The molecule has 0 saturated heterocycles. The number of benzene rings is 2. The first-order valence-corrected chi connectivity index (χ1v) is 6.93. The molecule has 2 rings (SSSR count). The summed E-state index contributed by atoms with van der Waals surface area (Å²) in [6.45, 7) is 2.05. The van der Waals surface area contributed by atoms with Gasteiger partial charge in [-0.05, 0) is 17.5 Å². The Labute approximate surface area is 115 Å². The van der Waals surface area contributed by atoms with Gasteiger partial charge in [0.2, 0.25) is 0 Å². The molecule has 0 aliphatic rings. The Morgan fingerprint density at radius 1 is 0.895 bits per heavy atom. The smallest absolute Gasteiger partial charge is 0.133 e. The predicted molar refractivity (Wildman–Crippen MR) is 79.3 cm³/mol. The summed E-state index contributed by atoms with van der Waals surface area (Å²) in [5.41, 5.74) is 2.44. The van der Waals surface area contributed by atoms with Crippen LogP contribution >= 0.6 is 0 Å². The molecule has 0 heterocycles. The van der Waals surface area contributed by atoms with E-state index in [1.54, 1.807) is 0 Å². The van der Waals surface area contributed by atoms with Gasteiger partial charge < -0.3 is 0 Å². The molecular formula is C18H20O. The van der Waals surface area contributed by atoms with Crippen LogP contribution < -0.4 is 0 Å². The van der Waals surface area contributed by atoms with Crippen molar-refractivity contribution < 1.29 is 4.79 Å². The first-order chi connectivity index (χ1) is 9.31. The first kappa shape index (κ1) is 13.5. The number of carbonyl (C=O) groups is 1. The second-order valence-electron chi connectivity index (χ2n) is 4.87. The zero-order chi connectivity index (χ0) is 13.5. The minimum Gasteiger partial charge on any atom is -0.300 e. The van der Waals surface area contributed by atoms with Gasteiger partial charge in [-0.25, -0.2) is 0 Å². The van der Waals surface area contributed by atoms with E-state index in [2.05, 4.69) is 31.2 Å². The molecule has 0 aliphatic heterocycles. The number of rotatable bonds is 6. The highest BCUT2D eigenvalue weighted by Crippen LogP contribution is 2.28. The first-order valence-electron chi connectivity index (χ1n) is 6.93. The van der Waals surface area contributed by atoms with Crippen LogP contribution in [0.15, 0.2) is 60.7 Å². The van der Waals surface area contributed by atoms with E-state index in [0.717, 1.165) is 6.42 Å². The van der Waals surface area contributed by atoms with Crippen LogP contribution in [0.5, 0.6) is 0 Å².